The number of carbonyl (C=O) groups excluding carboxylic acids is 1. The molecule has 1 aromatic rings. The van der Waals surface area contributed by atoms with Gasteiger partial charge in [-0.25, -0.2) is 9.18 Å². The Kier molecular flexibility index (Phi) is 4.14. The summed E-state index contributed by atoms with van der Waals surface area (Å²) in [6, 6.07) is 3.90. The maximum Gasteiger partial charge on any atom is 0.346 e. The molecule has 0 amide bonds. The second kappa shape index (κ2) is 5.93. The molecule has 3 heterocycles. The predicted octanol–water partition coefficient (Wildman–Crippen LogP) is 1.23. The lowest BCUT2D eigenvalue weighted by Crippen LogP contribution is -2.61. The third kappa shape index (κ3) is 2.50. The highest BCUT2D eigenvalue weighted by molar-refractivity contribution is 5.82. The largest absolute Gasteiger partial charge is 0.464 e. The van der Waals surface area contributed by atoms with Crippen LogP contribution in [0.3, 0.4) is 0 Å². The van der Waals surface area contributed by atoms with Gasteiger partial charge in [0.1, 0.15) is 0 Å². The molecule has 0 saturated carbocycles. The lowest BCUT2D eigenvalue weighted by Gasteiger charge is -2.44. The maximum absolute atomic E-state index is 15.4. The highest BCUT2D eigenvalue weighted by atomic mass is 19.1. The number of alkyl halides is 1. The Morgan fingerprint density at radius 2 is 2.14 bits per heavy atom. The van der Waals surface area contributed by atoms with Crippen molar-refractivity contribution in [3.63, 3.8) is 0 Å². The van der Waals surface area contributed by atoms with Crippen LogP contribution >= 0.6 is 0 Å². The van der Waals surface area contributed by atoms with Crippen molar-refractivity contribution in [2.75, 3.05) is 39.5 Å². The van der Waals surface area contributed by atoms with Crippen LogP contribution in [0.4, 0.5) is 4.39 Å². The van der Waals surface area contributed by atoms with Crippen molar-refractivity contribution >= 4 is 5.97 Å². The molecule has 2 fully saturated rings. The third-order valence-electron chi connectivity index (χ3n) is 4.63. The fourth-order valence-corrected chi connectivity index (χ4v) is 3.27. The van der Waals surface area contributed by atoms with Gasteiger partial charge in [-0.05, 0) is 31.0 Å². The zero-order chi connectivity index (χ0) is 15.6. The molecule has 0 aromatic carbocycles. The number of carbonyl (C=O) groups is 1. The van der Waals surface area contributed by atoms with E-state index in [1.54, 1.807) is 19.3 Å². The van der Waals surface area contributed by atoms with Crippen LogP contribution in [0.25, 0.3) is 0 Å². The van der Waals surface area contributed by atoms with Gasteiger partial charge in [0.25, 0.3) is 0 Å². The highest BCUT2D eigenvalue weighted by Crippen LogP contribution is 2.48. The number of hydrogen-bond acceptors (Lipinski definition) is 5. The first-order valence-electron chi connectivity index (χ1n) is 7.65. The number of ether oxygens (including phenoxy) is 2. The number of nitrogens with zero attached hydrogens (tertiary/aromatic N) is 2. The average molecular weight is 308 g/mol. The maximum atomic E-state index is 15.4. The van der Waals surface area contributed by atoms with Gasteiger partial charge in [-0.1, -0.05) is 0 Å². The first-order valence-corrected chi connectivity index (χ1v) is 7.65. The van der Waals surface area contributed by atoms with E-state index in [9.17, 15) is 4.79 Å². The van der Waals surface area contributed by atoms with Gasteiger partial charge in [0.2, 0.25) is 5.67 Å². The zero-order valence-corrected chi connectivity index (χ0v) is 12.8. The fourth-order valence-electron chi connectivity index (χ4n) is 3.27. The van der Waals surface area contributed by atoms with Crippen LogP contribution in [-0.4, -0.2) is 61.0 Å². The summed E-state index contributed by atoms with van der Waals surface area (Å²) in [7, 11) is 0. The van der Waals surface area contributed by atoms with Gasteiger partial charge >= 0.3 is 5.97 Å². The topological polar surface area (TPSA) is 51.7 Å². The number of esters is 1. The Morgan fingerprint density at radius 1 is 1.41 bits per heavy atom. The molecule has 0 radical (unpaired) electrons. The standard InChI is InChI=1S/C16H21FN2O3/c1-2-22-14(20)16(17)10-19(9-15(16)11-21-12-15)8-5-13-3-6-18-7-4-13/h3-4,6-7H,2,5,8-12H2,1H3/t16-/m1/s1. The minimum absolute atomic E-state index is 0.0836. The van der Waals surface area contributed by atoms with Crippen molar-refractivity contribution in [3.8, 4) is 0 Å². The molecule has 5 nitrogen and oxygen atoms in total. The van der Waals surface area contributed by atoms with Gasteiger partial charge in [-0.15, -0.1) is 0 Å². The van der Waals surface area contributed by atoms with E-state index in [2.05, 4.69) is 4.98 Å². The predicted molar refractivity (Wildman–Crippen MR) is 78.1 cm³/mol. The second-order valence-corrected chi connectivity index (χ2v) is 6.11. The van der Waals surface area contributed by atoms with Crippen LogP contribution in [0.1, 0.15) is 12.5 Å². The van der Waals surface area contributed by atoms with Crippen LogP contribution < -0.4 is 0 Å². The Labute approximate surface area is 129 Å². The normalized spacial score (nSPS) is 26.8. The molecule has 2 saturated heterocycles. The van der Waals surface area contributed by atoms with Crippen molar-refractivity contribution in [1.82, 2.24) is 9.88 Å². The van der Waals surface area contributed by atoms with E-state index in [0.29, 0.717) is 13.1 Å². The number of halogens is 1. The quantitative estimate of drug-likeness (QED) is 0.766. The van der Waals surface area contributed by atoms with Crippen molar-refractivity contribution in [2.24, 2.45) is 5.41 Å². The molecule has 0 bridgehead atoms. The Morgan fingerprint density at radius 3 is 2.73 bits per heavy atom. The Hall–Kier alpha value is -1.53. The molecule has 0 aliphatic carbocycles. The second-order valence-electron chi connectivity index (χ2n) is 6.11. The van der Waals surface area contributed by atoms with Gasteiger partial charge in [0.15, 0.2) is 0 Å². The molecular weight excluding hydrogens is 287 g/mol. The summed E-state index contributed by atoms with van der Waals surface area (Å²) in [5.41, 5.74) is -1.54. The Balaban J connectivity index is 1.67. The lowest BCUT2D eigenvalue weighted by molar-refractivity contribution is -0.196. The van der Waals surface area contributed by atoms with Gasteiger partial charge in [-0.3, -0.25) is 9.88 Å². The van der Waals surface area contributed by atoms with Crippen molar-refractivity contribution in [2.45, 2.75) is 19.0 Å². The molecule has 3 rings (SSSR count). The first kappa shape index (κ1) is 15.4. The highest BCUT2D eigenvalue weighted by Gasteiger charge is 2.67. The Bertz CT molecular complexity index is 535. The summed E-state index contributed by atoms with van der Waals surface area (Å²) in [6.07, 6.45) is 4.30. The SMILES string of the molecule is CCOC(=O)[C@]1(F)CN(CCc2ccncc2)CC12COC2. The smallest absolute Gasteiger partial charge is 0.346 e. The molecule has 0 unspecified atom stereocenters. The molecule has 2 aliphatic heterocycles. The van der Waals surface area contributed by atoms with E-state index >= 15 is 4.39 Å². The number of pyridine rings is 1. The van der Waals surface area contributed by atoms with E-state index in [4.69, 9.17) is 9.47 Å². The minimum Gasteiger partial charge on any atom is -0.464 e. The van der Waals surface area contributed by atoms with Crippen LogP contribution in [0.2, 0.25) is 0 Å². The summed E-state index contributed by atoms with van der Waals surface area (Å²) in [6.45, 7) is 3.78. The molecule has 1 atom stereocenters. The summed E-state index contributed by atoms with van der Waals surface area (Å²) >= 11 is 0. The van der Waals surface area contributed by atoms with Crippen molar-refractivity contribution in [3.05, 3.63) is 30.1 Å². The van der Waals surface area contributed by atoms with Crippen LogP contribution in [0, 0.1) is 5.41 Å². The summed E-state index contributed by atoms with van der Waals surface area (Å²) in [5, 5.41) is 0. The minimum atomic E-state index is -1.96. The molecule has 2 aliphatic rings. The number of rotatable bonds is 5. The molecule has 1 aromatic heterocycles. The van der Waals surface area contributed by atoms with Crippen LogP contribution in [0.15, 0.2) is 24.5 Å². The number of hydrogen-bond donors (Lipinski definition) is 0. The summed E-state index contributed by atoms with van der Waals surface area (Å²) in [4.78, 5) is 18.1. The summed E-state index contributed by atoms with van der Waals surface area (Å²) < 4.78 is 25.5. The lowest BCUT2D eigenvalue weighted by atomic mass is 9.74. The van der Waals surface area contributed by atoms with Crippen molar-refractivity contribution < 1.29 is 18.7 Å². The van der Waals surface area contributed by atoms with E-state index in [1.165, 1.54) is 0 Å². The fraction of sp³-hybridized carbons (Fsp3) is 0.625. The molecule has 1 spiro atoms. The first-order chi connectivity index (χ1) is 10.6. The van der Waals surface area contributed by atoms with E-state index in [0.717, 1.165) is 12.0 Å². The molecule has 22 heavy (non-hydrogen) atoms. The number of aromatic nitrogens is 1. The van der Waals surface area contributed by atoms with Gasteiger partial charge in [0.05, 0.1) is 25.2 Å². The van der Waals surface area contributed by atoms with E-state index in [1.807, 2.05) is 17.0 Å². The van der Waals surface area contributed by atoms with Crippen LogP contribution in [0.5, 0.6) is 0 Å². The molecule has 0 N–H and O–H groups in total. The molecule has 120 valence electrons. The van der Waals surface area contributed by atoms with E-state index in [-0.39, 0.29) is 26.4 Å². The monoisotopic (exact) mass is 308 g/mol. The summed E-state index contributed by atoms with van der Waals surface area (Å²) in [5.74, 6) is -0.746. The average Bonchev–Trinajstić information content (AvgIpc) is 2.81. The molecule has 6 heteroatoms. The molecular formula is C16H21FN2O3. The van der Waals surface area contributed by atoms with Gasteiger partial charge in [0, 0.05) is 32.0 Å². The van der Waals surface area contributed by atoms with Crippen LogP contribution in [-0.2, 0) is 20.7 Å². The van der Waals surface area contributed by atoms with E-state index < -0.39 is 17.1 Å². The van der Waals surface area contributed by atoms with Gasteiger partial charge in [-0.2, -0.15) is 0 Å². The van der Waals surface area contributed by atoms with Crippen molar-refractivity contribution in [1.29, 1.82) is 0 Å². The number of likely N-dealkylation sites (tertiary alicyclic amines) is 1. The zero-order valence-electron chi connectivity index (χ0n) is 12.8. The van der Waals surface area contributed by atoms with Gasteiger partial charge < -0.3 is 9.47 Å². The third-order valence-corrected chi connectivity index (χ3v) is 4.63.